The topological polar surface area (TPSA) is 105 Å². The van der Waals surface area contributed by atoms with Crippen LogP contribution in [-0.2, 0) is 25.4 Å². The number of carbonyl (C=O) groups is 1. The van der Waals surface area contributed by atoms with E-state index >= 15 is 0 Å². The molecule has 0 spiro atoms. The molecule has 0 aromatic heterocycles. The van der Waals surface area contributed by atoms with Crippen molar-refractivity contribution >= 4 is 5.97 Å². The Morgan fingerprint density at radius 3 is 1.87 bits per heavy atom. The van der Waals surface area contributed by atoms with E-state index in [1.165, 1.54) is 5.56 Å². The number of aliphatic hydroxyl groups is 3. The second kappa shape index (κ2) is 21.0. The second-order valence-corrected chi connectivity index (χ2v) is 10.9. The fourth-order valence-electron chi connectivity index (χ4n) is 4.86. The molecule has 0 saturated heterocycles. The predicted octanol–water partition coefficient (Wildman–Crippen LogP) is 5.29. The van der Waals surface area contributed by atoms with E-state index < -0.39 is 12.2 Å². The molecule has 7 nitrogen and oxygen atoms in total. The summed E-state index contributed by atoms with van der Waals surface area (Å²) < 4.78 is 16.1. The lowest BCUT2D eigenvalue weighted by Gasteiger charge is -2.14. The molecule has 1 aromatic carbocycles. The van der Waals surface area contributed by atoms with Crippen LogP contribution in [0.1, 0.15) is 96.0 Å². The van der Waals surface area contributed by atoms with E-state index in [2.05, 4.69) is 12.1 Å². The summed E-state index contributed by atoms with van der Waals surface area (Å²) in [6.45, 7) is 3.27. The van der Waals surface area contributed by atoms with Crippen molar-refractivity contribution in [3.05, 3.63) is 47.5 Å². The molecule has 1 aliphatic rings. The third-order valence-electron chi connectivity index (χ3n) is 7.14. The number of benzene rings is 1. The van der Waals surface area contributed by atoms with Gasteiger partial charge in [0.15, 0.2) is 0 Å². The molecular formula is C32H52O7. The Kier molecular flexibility index (Phi) is 18.0. The van der Waals surface area contributed by atoms with Crippen molar-refractivity contribution in [3.63, 3.8) is 0 Å². The van der Waals surface area contributed by atoms with Gasteiger partial charge in [0.05, 0.1) is 44.7 Å². The Balaban J connectivity index is 1.31. The SMILES string of the molecule is C[C@H]1C=C(CCCCCCCC(O)CCCC[C@H](O)COCCOC[C@@H](O)CCCc2ccccc2)C(=O)O1. The lowest BCUT2D eigenvalue weighted by Crippen LogP contribution is -2.20. The van der Waals surface area contributed by atoms with E-state index in [1.54, 1.807) is 0 Å². The van der Waals surface area contributed by atoms with Gasteiger partial charge in [-0.25, -0.2) is 4.79 Å². The molecule has 0 radical (unpaired) electrons. The van der Waals surface area contributed by atoms with Crippen molar-refractivity contribution in [2.45, 2.75) is 121 Å². The molecule has 0 fully saturated rings. The summed E-state index contributed by atoms with van der Waals surface area (Å²) in [5.74, 6) is -0.159. The number of ether oxygens (including phenoxy) is 3. The van der Waals surface area contributed by atoms with Crippen molar-refractivity contribution in [1.29, 1.82) is 0 Å². The number of rotatable bonds is 24. The zero-order valence-corrected chi connectivity index (χ0v) is 24.0. The molecule has 1 unspecified atom stereocenters. The van der Waals surface area contributed by atoms with Crippen molar-refractivity contribution in [1.82, 2.24) is 0 Å². The van der Waals surface area contributed by atoms with Crippen LogP contribution in [0.2, 0.25) is 0 Å². The Labute approximate surface area is 235 Å². The van der Waals surface area contributed by atoms with Crippen LogP contribution in [0.4, 0.5) is 0 Å². The number of hydrogen-bond acceptors (Lipinski definition) is 7. The summed E-state index contributed by atoms with van der Waals surface area (Å²) in [5, 5.41) is 30.3. The highest BCUT2D eigenvalue weighted by atomic mass is 16.5. The smallest absolute Gasteiger partial charge is 0.334 e. The average molecular weight is 549 g/mol. The minimum absolute atomic E-state index is 0.0804. The fourth-order valence-corrected chi connectivity index (χ4v) is 4.86. The zero-order valence-electron chi connectivity index (χ0n) is 24.0. The van der Waals surface area contributed by atoms with Gasteiger partial charge in [-0.1, -0.05) is 68.9 Å². The molecule has 1 aromatic rings. The van der Waals surface area contributed by atoms with Gasteiger partial charge in [0.1, 0.15) is 6.10 Å². The first kappa shape index (κ1) is 33.4. The molecule has 0 aliphatic carbocycles. The van der Waals surface area contributed by atoms with E-state index in [0.29, 0.717) is 32.7 Å². The third-order valence-corrected chi connectivity index (χ3v) is 7.14. The molecular weight excluding hydrogens is 496 g/mol. The number of unbranched alkanes of at least 4 members (excludes halogenated alkanes) is 5. The number of esters is 1. The first-order valence-corrected chi connectivity index (χ1v) is 15.1. The van der Waals surface area contributed by atoms with E-state index in [0.717, 1.165) is 82.6 Å². The highest BCUT2D eigenvalue weighted by molar-refractivity contribution is 5.90. The quantitative estimate of drug-likeness (QED) is 0.119. The van der Waals surface area contributed by atoms with Gasteiger partial charge in [-0.3, -0.25) is 0 Å². The van der Waals surface area contributed by atoms with Crippen LogP contribution in [0.15, 0.2) is 42.0 Å². The summed E-state index contributed by atoms with van der Waals surface area (Å²) in [6.07, 6.45) is 13.4. The molecule has 0 amide bonds. The fraction of sp³-hybridized carbons (Fsp3) is 0.719. The van der Waals surface area contributed by atoms with Gasteiger partial charge < -0.3 is 29.5 Å². The zero-order chi connectivity index (χ0) is 28.1. The number of cyclic esters (lactones) is 1. The van der Waals surface area contributed by atoms with Gasteiger partial charge in [-0.05, 0) is 69.9 Å². The Hall–Kier alpha value is -1.77. The normalized spacial score (nSPS) is 17.6. The van der Waals surface area contributed by atoms with Crippen molar-refractivity contribution in [2.24, 2.45) is 0 Å². The maximum absolute atomic E-state index is 11.6. The minimum Gasteiger partial charge on any atom is -0.455 e. The number of carbonyl (C=O) groups excluding carboxylic acids is 1. The molecule has 3 N–H and O–H groups in total. The molecule has 1 aliphatic heterocycles. The summed E-state index contributed by atoms with van der Waals surface area (Å²) in [5.41, 5.74) is 2.10. The first-order chi connectivity index (χ1) is 18.9. The maximum atomic E-state index is 11.6. The second-order valence-electron chi connectivity index (χ2n) is 10.9. The van der Waals surface area contributed by atoms with Gasteiger partial charge in [0, 0.05) is 5.57 Å². The average Bonchev–Trinajstić information content (AvgIpc) is 3.25. The Morgan fingerprint density at radius 1 is 0.718 bits per heavy atom. The highest BCUT2D eigenvalue weighted by Crippen LogP contribution is 2.20. The Bertz CT molecular complexity index is 782. The van der Waals surface area contributed by atoms with Crippen molar-refractivity contribution in [3.8, 4) is 0 Å². The predicted molar refractivity (Wildman–Crippen MR) is 153 cm³/mol. The monoisotopic (exact) mass is 548 g/mol. The summed E-state index contributed by atoms with van der Waals surface area (Å²) in [4.78, 5) is 11.6. The Morgan fingerprint density at radius 2 is 1.26 bits per heavy atom. The highest BCUT2D eigenvalue weighted by Gasteiger charge is 2.21. The number of aryl methyl sites for hydroxylation is 1. The summed E-state index contributed by atoms with van der Waals surface area (Å²) >= 11 is 0. The van der Waals surface area contributed by atoms with E-state index in [4.69, 9.17) is 14.2 Å². The van der Waals surface area contributed by atoms with Gasteiger partial charge in [-0.2, -0.15) is 0 Å². The van der Waals surface area contributed by atoms with Crippen LogP contribution in [-0.4, -0.2) is 72.1 Å². The first-order valence-electron chi connectivity index (χ1n) is 15.1. The molecule has 39 heavy (non-hydrogen) atoms. The van der Waals surface area contributed by atoms with Gasteiger partial charge in [-0.15, -0.1) is 0 Å². The molecule has 222 valence electrons. The van der Waals surface area contributed by atoms with Crippen LogP contribution < -0.4 is 0 Å². The van der Waals surface area contributed by atoms with E-state index in [9.17, 15) is 20.1 Å². The summed E-state index contributed by atoms with van der Waals surface area (Å²) in [6, 6.07) is 10.3. The lowest BCUT2D eigenvalue weighted by atomic mass is 10.0. The molecule has 7 heteroatoms. The number of aliphatic hydroxyl groups excluding tert-OH is 3. The van der Waals surface area contributed by atoms with Crippen molar-refractivity contribution in [2.75, 3.05) is 26.4 Å². The third kappa shape index (κ3) is 16.8. The molecule has 4 atom stereocenters. The van der Waals surface area contributed by atoms with Crippen LogP contribution >= 0.6 is 0 Å². The van der Waals surface area contributed by atoms with Crippen LogP contribution in [0.5, 0.6) is 0 Å². The van der Waals surface area contributed by atoms with Crippen LogP contribution in [0.3, 0.4) is 0 Å². The minimum atomic E-state index is -0.504. The van der Waals surface area contributed by atoms with Gasteiger partial charge >= 0.3 is 5.97 Å². The summed E-state index contributed by atoms with van der Waals surface area (Å²) in [7, 11) is 0. The van der Waals surface area contributed by atoms with Crippen LogP contribution in [0, 0.1) is 0 Å². The van der Waals surface area contributed by atoms with Crippen molar-refractivity contribution < 1.29 is 34.3 Å². The van der Waals surface area contributed by atoms with E-state index in [1.807, 2.05) is 31.2 Å². The molecule has 0 bridgehead atoms. The molecule has 2 rings (SSSR count). The molecule has 1 heterocycles. The number of hydrogen-bond donors (Lipinski definition) is 3. The lowest BCUT2D eigenvalue weighted by molar-refractivity contribution is -0.139. The van der Waals surface area contributed by atoms with E-state index in [-0.39, 0.29) is 24.8 Å². The van der Waals surface area contributed by atoms with Crippen LogP contribution in [0.25, 0.3) is 0 Å². The van der Waals surface area contributed by atoms with Gasteiger partial charge in [0.25, 0.3) is 0 Å². The standard InChI is InChI=1S/C32H52O7/c1-26-23-28(32(36)39-26)16-8-3-2-4-9-17-29(33)18-10-11-19-30(34)24-37-21-22-38-25-31(35)20-12-15-27-13-6-5-7-14-27/h5-7,13-14,23,26,29-31,33-35H,2-4,8-12,15-22,24-25H2,1H3/t26-,29?,30-,31-/m0/s1. The molecule has 0 saturated carbocycles. The largest absolute Gasteiger partial charge is 0.455 e. The maximum Gasteiger partial charge on any atom is 0.334 e. The van der Waals surface area contributed by atoms with Gasteiger partial charge in [0.2, 0.25) is 0 Å².